The quantitative estimate of drug-likeness (QED) is 0.794. The summed E-state index contributed by atoms with van der Waals surface area (Å²) in [6, 6.07) is 2.04. The summed E-state index contributed by atoms with van der Waals surface area (Å²) >= 11 is 4.25. The zero-order valence-corrected chi connectivity index (χ0v) is 12.9. The number of thiazole rings is 2. The Hall–Kier alpha value is -1.23. The minimum atomic E-state index is -0.757. The van der Waals surface area contributed by atoms with Crippen molar-refractivity contribution in [2.24, 2.45) is 0 Å². The molecule has 2 aromatic heterocycles. The van der Waals surface area contributed by atoms with E-state index in [1.54, 1.807) is 0 Å². The molecule has 1 unspecified atom stereocenters. The van der Waals surface area contributed by atoms with Crippen molar-refractivity contribution in [2.75, 3.05) is 5.75 Å². The molecule has 4 nitrogen and oxygen atoms in total. The number of ketones is 1. The monoisotopic (exact) mass is 309 g/mol. The molecular formula is C12H11N3OS3. The Kier molecular flexibility index (Phi) is 4.69. The lowest BCUT2D eigenvalue weighted by Gasteiger charge is -2.03. The van der Waals surface area contributed by atoms with Crippen LogP contribution in [0, 0.1) is 25.2 Å². The number of rotatable bonds is 5. The third-order valence-corrected chi connectivity index (χ3v) is 5.46. The molecule has 0 aliphatic rings. The van der Waals surface area contributed by atoms with Gasteiger partial charge in [0.2, 0.25) is 0 Å². The number of carbonyl (C=O) groups is 1. The summed E-state index contributed by atoms with van der Waals surface area (Å²) in [5.74, 6) is -0.619. The lowest BCUT2D eigenvalue weighted by atomic mass is 10.1. The summed E-state index contributed by atoms with van der Waals surface area (Å²) < 4.78 is 0.859. The van der Waals surface area contributed by atoms with Crippen LogP contribution in [0.3, 0.4) is 0 Å². The SMILES string of the molecule is Cc1csc(SCC(=O)C(C#N)c2nc(C)cs2)n1. The molecule has 0 aromatic carbocycles. The summed E-state index contributed by atoms with van der Waals surface area (Å²) in [6.45, 7) is 3.77. The van der Waals surface area contributed by atoms with E-state index in [1.807, 2.05) is 30.7 Å². The Bertz CT molecular complexity index is 626. The van der Waals surface area contributed by atoms with Crippen molar-refractivity contribution in [3.8, 4) is 6.07 Å². The molecule has 2 heterocycles. The summed E-state index contributed by atoms with van der Waals surface area (Å²) in [7, 11) is 0. The summed E-state index contributed by atoms with van der Waals surface area (Å²) in [6.07, 6.45) is 0. The molecular weight excluding hydrogens is 298 g/mol. The highest BCUT2D eigenvalue weighted by atomic mass is 32.2. The number of carbonyl (C=O) groups excluding carboxylic acids is 1. The minimum absolute atomic E-state index is 0.116. The van der Waals surface area contributed by atoms with Crippen molar-refractivity contribution in [3.63, 3.8) is 0 Å². The van der Waals surface area contributed by atoms with Crippen molar-refractivity contribution >= 4 is 40.2 Å². The normalized spacial score (nSPS) is 12.1. The van der Waals surface area contributed by atoms with Crippen LogP contribution in [0.25, 0.3) is 0 Å². The first-order valence-electron chi connectivity index (χ1n) is 5.49. The number of thioether (sulfide) groups is 1. The molecule has 2 aromatic rings. The van der Waals surface area contributed by atoms with Crippen LogP contribution in [0.4, 0.5) is 0 Å². The van der Waals surface area contributed by atoms with Crippen LogP contribution in [0.2, 0.25) is 0 Å². The molecule has 0 saturated carbocycles. The molecule has 0 aliphatic carbocycles. The molecule has 0 radical (unpaired) electrons. The van der Waals surface area contributed by atoms with Gasteiger partial charge in [0.1, 0.15) is 5.01 Å². The Morgan fingerprint density at radius 3 is 2.58 bits per heavy atom. The zero-order chi connectivity index (χ0) is 13.8. The smallest absolute Gasteiger partial charge is 0.167 e. The van der Waals surface area contributed by atoms with Crippen LogP contribution in [-0.4, -0.2) is 21.5 Å². The van der Waals surface area contributed by atoms with Crippen LogP contribution in [0.1, 0.15) is 22.3 Å². The van der Waals surface area contributed by atoms with Gasteiger partial charge in [0.15, 0.2) is 16.0 Å². The van der Waals surface area contributed by atoms with E-state index in [1.165, 1.54) is 34.4 Å². The molecule has 2 rings (SSSR count). The predicted octanol–water partition coefficient (Wildman–Crippen LogP) is 3.19. The van der Waals surface area contributed by atoms with Gasteiger partial charge in [0.25, 0.3) is 0 Å². The number of nitriles is 1. The largest absolute Gasteiger partial charge is 0.297 e. The third kappa shape index (κ3) is 3.62. The van der Waals surface area contributed by atoms with Gasteiger partial charge < -0.3 is 0 Å². The van der Waals surface area contributed by atoms with E-state index in [4.69, 9.17) is 5.26 Å². The van der Waals surface area contributed by atoms with E-state index >= 15 is 0 Å². The highest BCUT2D eigenvalue weighted by Crippen LogP contribution is 2.26. The van der Waals surface area contributed by atoms with Crippen LogP contribution in [0.5, 0.6) is 0 Å². The van der Waals surface area contributed by atoms with Crippen LogP contribution >= 0.6 is 34.4 Å². The molecule has 1 atom stereocenters. The highest BCUT2D eigenvalue weighted by Gasteiger charge is 2.23. The first kappa shape index (κ1) is 14.2. The first-order valence-corrected chi connectivity index (χ1v) is 8.24. The second-order valence-electron chi connectivity index (χ2n) is 3.90. The van der Waals surface area contributed by atoms with Crippen molar-refractivity contribution in [1.82, 2.24) is 9.97 Å². The summed E-state index contributed by atoms with van der Waals surface area (Å²) in [5.41, 5.74) is 1.79. The molecule has 19 heavy (non-hydrogen) atoms. The van der Waals surface area contributed by atoms with Crippen LogP contribution in [-0.2, 0) is 4.79 Å². The van der Waals surface area contributed by atoms with Gasteiger partial charge >= 0.3 is 0 Å². The van der Waals surface area contributed by atoms with Crippen molar-refractivity contribution < 1.29 is 4.79 Å². The maximum atomic E-state index is 12.1. The van der Waals surface area contributed by atoms with E-state index in [0.717, 1.165) is 15.7 Å². The van der Waals surface area contributed by atoms with E-state index in [2.05, 4.69) is 9.97 Å². The molecule has 0 spiro atoms. The second-order valence-corrected chi connectivity index (χ2v) is 6.87. The Balaban J connectivity index is 2.00. The van der Waals surface area contributed by atoms with Crippen molar-refractivity contribution in [1.29, 1.82) is 5.26 Å². The molecule has 0 saturated heterocycles. The maximum Gasteiger partial charge on any atom is 0.167 e. The number of nitrogens with zero attached hydrogens (tertiary/aromatic N) is 3. The van der Waals surface area contributed by atoms with Crippen LogP contribution < -0.4 is 0 Å². The fraction of sp³-hybridized carbons (Fsp3) is 0.333. The molecule has 98 valence electrons. The number of aromatic nitrogens is 2. The predicted molar refractivity (Wildman–Crippen MR) is 77.8 cm³/mol. The molecule has 0 aliphatic heterocycles. The summed E-state index contributed by atoms with van der Waals surface area (Å²) in [5, 5.41) is 13.5. The fourth-order valence-electron chi connectivity index (χ4n) is 1.38. The molecule has 7 heteroatoms. The third-order valence-electron chi connectivity index (χ3n) is 2.27. The first-order chi connectivity index (χ1) is 9.10. The number of hydrogen-bond donors (Lipinski definition) is 0. The van der Waals surface area contributed by atoms with E-state index in [0.29, 0.717) is 5.01 Å². The molecule has 0 amide bonds. The maximum absolute atomic E-state index is 12.1. The van der Waals surface area contributed by atoms with Gasteiger partial charge in [0, 0.05) is 22.1 Å². The van der Waals surface area contributed by atoms with Gasteiger partial charge in [0.05, 0.1) is 11.8 Å². The second kappa shape index (κ2) is 6.28. The van der Waals surface area contributed by atoms with Gasteiger partial charge in [-0.1, -0.05) is 11.8 Å². The average molecular weight is 309 g/mol. The van der Waals surface area contributed by atoms with Gasteiger partial charge in [-0.25, -0.2) is 9.97 Å². The number of hydrogen-bond acceptors (Lipinski definition) is 7. The lowest BCUT2D eigenvalue weighted by molar-refractivity contribution is -0.116. The highest BCUT2D eigenvalue weighted by molar-refractivity contribution is 8.01. The number of Topliss-reactive ketones (excluding diaryl/α,β-unsaturated/α-hetero) is 1. The standard InChI is InChI=1S/C12H11N3OS3/c1-7-4-17-11(14-7)9(3-13)10(16)6-19-12-15-8(2)5-18-12/h4-5,9H,6H2,1-2H3. The average Bonchev–Trinajstić information content (AvgIpc) is 2.97. The summed E-state index contributed by atoms with van der Waals surface area (Å²) in [4.78, 5) is 20.6. The Morgan fingerprint density at radius 2 is 2.05 bits per heavy atom. The molecule has 0 bridgehead atoms. The lowest BCUT2D eigenvalue weighted by Crippen LogP contribution is -2.13. The number of aryl methyl sites for hydroxylation is 2. The van der Waals surface area contributed by atoms with Gasteiger partial charge in [-0.05, 0) is 13.8 Å². The van der Waals surface area contributed by atoms with Gasteiger partial charge in [-0.3, -0.25) is 4.79 Å². The van der Waals surface area contributed by atoms with E-state index in [-0.39, 0.29) is 11.5 Å². The van der Waals surface area contributed by atoms with Gasteiger partial charge in [-0.15, -0.1) is 22.7 Å². The zero-order valence-electron chi connectivity index (χ0n) is 10.4. The molecule has 0 N–H and O–H groups in total. The fourth-order valence-corrected chi connectivity index (χ4v) is 4.00. The van der Waals surface area contributed by atoms with Crippen LogP contribution in [0.15, 0.2) is 15.1 Å². The molecule has 0 fully saturated rings. The van der Waals surface area contributed by atoms with E-state index in [9.17, 15) is 4.79 Å². The van der Waals surface area contributed by atoms with Crippen molar-refractivity contribution in [3.05, 3.63) is 27.2 Å². The Morgan fingerprint density at radius 1 is 1.37 bits per heavy atom. The van der Waals surface area contributed by atoms with E-state index < -0.39 is 5.92 Å². The topological polar surface area (TPSA) is 66.6 Å². The van der Waals surface area contributed by atoms with Crippen molar-refractivity contribution in [2.45, 2.75) is 24.1 Å². The Labute approximate surface area is 123 Å². The minimum Gasteiger partial charge on any atom is -0.297 e. The van der Waals surface area contributed by atoms with Gasteiger partial charge in [-0.2, -0.15) is 5.26 Å².